The summed E-state index contributed by atoms with van der Waals surface area (Å²) >= 11 is 1.34. The summed E-state index contributed by atoms with van der Waals surface area (Å²) in [6.45, 7) is 3.75. The van der Waals surface area contributed by atoms with Gasteiger partial charge in [-0.05, 0) is 49.7 Å². The third-order valence-electron chi connectivity index (χ3n) is 3.88. The smallest absolute Gasteiger partial charge is 0.270 e. The Bertz CT molecular complexity index is 1000. The lowest BCUT2D eigenvalue weighted by atomic mass is 10.2. The molecular formula is C21H20F2N2O3S. The summed E-state index contributed by atoms with van der Waals surface area (Å²) in [7, 11) is 1.50. The molecule has 1 N–H and O–H groups in total. The molecule has 0 bridgehead atoms. The lowest BCUT2D eigenvalue weighted by molar-refractivity contribution is 0.0939. The molecule has 0 radical (unpaired) electrons. The number of carbonyl (C=O) groups excluding carboxylic acids is 1. The van der Waals surface area contributed by atoms with E-state index < -0.39 is 11.6 Å². The van der Waals surface area contributed by atoms with Gasteiger partial charge in [-0.15, -0.1) is 11.3 Å². The van der Waals surface area contributed by atoms with Crippen molar-refractivity contribution in [3.05, 3.63) is 64.7 Å². The fourth-order valence-electron chi connectivity index (χ4n) is 2.62. The topological polar surface area (TPSA) is 60.5 Å². The van der Waals surface area contributed by atoms with Crippen LogP contribution in [0.15, 0.2) is 41.8 Å². The second kappa shape index (κ2) is 9.00. The number of methoxy groups -OCH3 is 1. The zero-order chi connectivity index (χ0) is 21.0. The summed E-state index contributed by atoms with van der Waals surface area (Å²) < 4.78 is 37.7. The molecule has 0 spiro atoms. The van der Waals surface area contributed by atoms with Crippen molar-refractivity contribution >= 4 is 17.2 Å². The van der Waals surface area contributed by atoms with Crippen LogP contribution in [-0.4, -0.2) is 24.0 Å². The number of rotatable bonds is 7. The Morgan fingerprint density at radius 3 is 2.52 bits per heavy atom. The highest BCUT2D eigenvalue weighted by atomic mass is 32.1. The van der Waals surface area contributed by atoms with Crippen molar-refractivity contribution in [2.45, 2.75) is 26.5 Å². The monoisotopic (exact) mass is 418 g/mol. The highest BCUT2D eigenvalue weighted by molar-refractivity contribution is 7.13. The molecule has 0 aliphatic heterocycles. The maximum Gasteiger partial charge on any atom is 0.270 e. The molecule has 152 valence electrons. The van der Waals surface area contributed by atoms with Crippen LogP contribution >= 0.6 is 11.3 Å². The van der Waals surface area contributed by atoms with E-state index in [0.717, 1.165) is 11.6 Å². The summed E-state index contributed by atoms with van der Waals surface area (Å²) in [6.07, 6.45) is 0. The molecule has 1 aromatic heterocycles. The molecular weight excluding hydrogens is 398 g/mol. The maximum atomic E-state index is 13.3. The second-order valence-corrected chi connectivity index (χ2v) is 7.46. The number of hydrogen-bond donors (Lipinski definition) is 1. The predicted molar refractivity (Wildman–Crippen MR) is 107 cm³/mol. The zero-order valence-electron chi connectivity index (χ0n) is 16.2. The van der Waals surface area contributed by atoms with Crippen molar-refractivity contribution in [2.75, 3.05) is 7.11 Å². The molecule has 0 saturated carbocycles. The molecule has 0 saturated heterocycles. The van der Waals surface area contributed by atoms with Gasteiger partial charge in [0, 0.05) is 23.1 Å². The lowest BCUT2D eigenvalue weighted by Gasteiger charge is -2.12. The van der Waals surface area contributed by atoms with Gasteiger partial charge in [0.25, 0.3) is 5.91 Å². The molecule has 0 aliphatic rings. The number of nitrogens with zero attached hydrogens (tertiary/aromatic N) is 1. The largest absolute Gasteiger partial charge is 0.493 e. The summed E-state index contributed by atoms with van der Waals surface area (Å²) in [4.78, 5) is 16.5. The fraction of sp³-hybridized carbons (Fsp3) is 0.238. The molecule has 0 fully saturated rings. The number of nitrogens with one attached hydrogen (secondary N) is 1. The van der Waals surface area contributed by atoms with E-state index in [0.29, 0.717) is 27.8 Å². The van der Waals surface area contributed by atoms with Gasteiger partial charge in [0.05, 0.1) is 7.11 Å². The first-order chi connectivity index (χ1) is 13.9. The Balaban J connectivity index is 1.76. The van der Waals surface area contributed by atoms with E-state index in [4.69, 9.17) is 9.47 Å². The van der Waals surface area contributed by atoms with Gasteiger partial charge in [-0.1, -0.05) is 0 Å². The third-order valence-corrected chi connectivity index (χ3v) is 4.78. The van der Waals surface area contributed by atoms with Gasteiger partial charge in [-0.2, -0.15) is 0 Å². The standard InChI is InChI=1S/C21H20F2N2O3S/c1-12(2)24-20(26)17-11-29-21(25-17)14-4-5-18(19(8-14)27-3)28-10-13-6-15(22)9-16(23)7-13/h4-9,11-12H,10H2,1-3H3,(H,24,26). The SMILES string of the molecule is COc1cc(-c2nc(C(=O)NC(C)C)cs2)ccc1OCc1cc(F)cc(F)c1. The van der Waals surface area contributed by atoms with Crippen LogP contribution in [-0.2, 0) is 6.61 Å². The van der Waals surface area contributed by atoms with Crippen LogP contribution in [0.4, 0.5) is 8.78 Å². The van der Waals surface area contributed by atoms with E-state index in [2.05, 4.69) is 10.3 Å². The molecule has 3 rings (SSSR count). The minimum Gasteiger partial charge on any atom is -0.493 e. The van der Waals surface area contributed by atoms with E-state index in [1.165, 1.54) is 30.6 Å². The first-order valence-electron chi connectivity index (χ1n) is 8.88. The molecule has 2 aromatic carbocycles. The zero-order valence-corrected chi connectivity index (χ0v) is 17.0. The average molecular weight is 418 g/mol. The van der Waals surface area contributed by atoms with Gasteiger partial charge in [0.15, 0.2) is 11.5 Å². The van der Waals surface area contributed by atoms with Gasteiger partial charge < -0.3 is 14.8 Å². The number of benzene rings is 2. The highest BCUT2D eigenvalue weighted by Crippen LogP contribution is 2.34. The number of halogens is 2. The van der Waals surface area contributed by atoms with E-state index in [1.54, 1.807) is 23.6 Å². The van der Waals surface area contributed by atoms with Crippen LogP contribution in [0.3, 0.4) is 0 Å². The van der Waals surface area contributed by atoms with Crippen LogP contribution in [0.2, 0.25) is 0 Å². The first-order valence-corrected chi connectivity index (χ1v) is 9.76. The third kappa shape index (κ3) is 5.29. The maximum absolute atomic E-state index is 13.3. The quantitative estimate of drug-likeness (QED) is 0.598. The van der Waals surface area contributed by atoms with Crippen LogP contribution in [0.5, 0.6) is 11.5 Å². The van der Waals surface area contributed by atoms with E-state index in [1.807, 2.05) is 13.8 Å². The Labute approximate surface area is 171 Å². The number of aromatic nitrogens is 1. The molecule has 3 aromatic rings. The molecule has 5 nitrogen and oxygen atoms in total. The van der Waals surface area contributed by atoms with E-state index in [9.17, 15) is 13.6 Å². The Kier molecular flexibility index (Phi) is 6.43. The van der Waals surface area contributed by atoms with E-state index >= 15 is 0 Å². The van der Waals surface area contributed by atoms with Crippen molar-refractivity contribution in [1.29, 1.82) is 0 Å². The lowest BCUT2D eigenvalue weighted by Crippen LogP contribution is -2.30. The summed E-state index contributed by atoms with van der Waals surface area (Å²) in [5.41, 5.74) is 1.49. The van der Waals surface area contributed by atoms with Gasteiger partial charge in [-0.25, -0.2) is 13.8 Å². The van der Waals surface area contributed by atoms with Crippen molar-refractivity contribution in [3.63, 3.8) is 0 Å². The Morgan fingerprint density at radius 1 is 1.14 bits per heavy atom. The normalized spacial score (nSPS) is 10.8. The first kappa shape index (κ1) is 20.7. The van der Waals surface area contributed by atoms with Crippen LogP contribution < -0.4 is 14.8 Å². The summed E-state index contributed by atoms with van der Waals surface area (Å²) in [6, 6.07) is 8.47. The number of hydrogen-bond acceptors (Lipinski definition) is 5. The fourth-order valence-corrected chi connectivity index (χ4v) is 3.42. The molecule has 29 heavy (non-hydrogen) atoms. The molecule has 0 aliphatic carbocycles. The summed E-state index contributed by atoms with van der Waals surface area (Å²) in [5.74, 6) is -0.672. The minimum absolute atomic E-state index is 0.0127. The van der Waals surface area contributed by atoms with Gasteiger partial charge >= 0.3 is 0 Å². The molecule has 8 heteroatoms. The van der Waals surface area contributed by atoms with Crippen LogP contribution in [0.1, 0.15) is 29.9 Å². The Hall–Kier alpha value is -3.00. The number of thiazole rings is 1. The average Bonchev–Trinajstić information content (AvgIpc) is 3.15. The van der Waals surface area contributed by atoms with Gasteiger partial charge in [0.1, 0.15) is 28.9 Å². The summed E-state index contributed by atoms with van der Waals surface area (Å²) in [5, 5.41) is 5.16. The van der Waals surface area contributed by atoms with Crippen molar-refractivity contribution in [1.82, 2.24) is 10.3 Å². The predicted octanol–water partition coefficient (Wildman–Crippen LogP) is 4.81. The highest BCUT2D eigenvalue weighted by Gasteiger charge is 2.15. The number of carbonyl (C=O) groups is 1. The number of ether oxygens (including phenoxy) is 2. The Morgan fingerprint density at radius 2 is 1.86 bits per heavy atom. The number of amides is 1. The molecule has 1 heterocycles. The second-order valence-electron chi connectivity index (χ2n) is 6.60. The van der Waals surface area contributed by atoms with Crippen LogP contribution in [0, 0.1) is 11.6 Å². The van der Waals surface area contributed by atoms with Crippen molar-refractivity contribution in [2.24, 2.45) is 0 Å². The molecule has 0 atom stereocenters. The van der Waals surface area contributed by atoms with Gasteiger partial charge in [0.2, 0.25) is 0 Å². The van der Waals surface area contributed by atoms with Crippen LogP contribution in [0.25, 0.3) is 10.6 Å². The van der Waals surface area contributed by atoms with Crippen molar-refractivity contribution < 1.29 is 23.0 Å². The molecule has 1 amide bonds. The van der Waals surface area contributed by atoms with E-state index in [-0.39, 0.29) is 18.6 Å². The minimum atomic E-state index is -0.660. The molecule has 0 unspecified atom stereocenters. The van der Waals surface area contributed by atoms with Crippen molar-refractivity contribution in [3.8, 4) is 22.1 Å². The van der Waals surface area contributed by atoms with Gasteiger partial charge in [-0.3, -0.25) is 4.79 Å².